The quantitative estimate of drug-likeness (QED) is 0.451. The predicted molar refractivity (Wildman–Crippen MR) is 129 cm³/mol. The van der Waals surface area contributed by atoms with Crippen molar-refractivity contribution < 1.29 is 14.3 Å². The van der Waals surface area contributed by atoms with E-state index in [0.717, 1.165) is 42.1 Å². The number of Topliss-reactive ketones (excluding diaryl/α,β-unsaturated/α-hetero) is 1. The van der Waals surface area contributed by atoms with Gasteiger partial charge in [0.1, 0.15) is 0 Å². The van der Waals surface area contributed by atoms with Gasteiger partial charge in [-0.05, 0) is 83.8 Å². The maximum absolute atomic E-state index is 12.5. The van der Waals surface area contributed by atoms with Crippen molar-refractivity contribution >= 4 is 11.8 Å². The number of ketones is 1. The van der Waals surface area contributed by atoms with E-state index in [1.54, 1.807) is 0 Å². The van der Waals surface area contributed by atoms with E-state index < -0.39 is 6.10 Å². The van der Waals surface area contributed by atoms with Gasteiger partial charge in [-0.1, -0.05) is 59.6 Å². The molecule has 1 aromatic carbocycles. The molecule has 1 aromatic rings. The van der Waals surface area contributed by atoms with E-state index in [1.807, 2.05) is 0 Å². The summed E-state index contributed by atoms with van der Waals surface area (Å²) in [5.74, 6) is 3.43. The van der Waals surface area contributed by atoms with Crippen LogP contribution >= 0.6 is 0 Å². The number of hydrogen-bond acceptors (Lipinski definition) is 3. The second-order valence-corrected chi connectivity index (χ2v) is 11.7. The third-order valence-electron chi connectivity index (χ3n) is 9.58. The molecule has 3 nitrogen and oxygen atoms in total. The van der Waals surface area contributed by atoms with Crippen LogP contribution in [0.15, 0.2) is 12.1 Å². The summed E-state index contributed by atoms with van der Waals surface area (Å²) in [6.07, 6.45) is 8.21. The van der Waals surface area contributed by atoms with Crippen LogP contribution in [-0.2, 0) is 27.2 Å². The molecule has 6 atom stereocenters. The number of hydrogen-bond donors (Lipinski definition) is 0. The number of ether oxygens (including phenoxy) is 1. The summed E-state index contributed by atoms with van der Waals surface area (Å²) in [5, 5.41) is 0. The highest BCUT2D eigenvalue weighted by Gasteiger charge is 2.51. The van der Waals surface area contributed by atoms with Gasteiger partial charge in [-0.3, -0.25) is 9.59 Å². The summed E-state index contributed by atoms with van der Waals surface area (Å²) >= 11 is 0. The smallest absolute Gasteiger partial charge is 0.303 e. The number of esters is 1. The predicted octanol–water partition coefficient (Wildman–Crippen LogP) is 6.96. The molecule has 0 saturated heterocycles. The molecule has 176 valence electrons. The van der Waals surface area contributed by atoms with E-state index in [0.29, 0.717) is 17.8 Å². The summed E-state index contributed by atoms with van der Waals surface area (Å²) in [6.45, 7) is 13.6. The summed E-state index contributed by atoms with van der Waals surface area (Å²) in [7, 11) is 0. The van der Waals surface area contributed by atoms with Gasteiger partial charge in [0.25, 0.3) is 0 Å². The van der Waals surface area contributed by atoms with Crippen LogP contribution in [0.4, 0.5) is 0 Å². The van der Waals surface area contributed by atoms with Crippen LogP contribution in [0.2, 0.25) is 0 Å². The van der Waals surface area contributed by atoms with E-state index >= 15 is 0 Å². The van der Waals surface area contributed by atoms with Crippen molar-refractivity contribution in [3.8, 4) is 0 Å². The second kappa shape index (κ2) is 8.95. The topological polar surface area (TPSA) is 43.4 Å². The molecule has 0 amide bonds. The standard InChI is InChI=1S/C29H42O3/c1-17(2)18(3)7-8-19(4)25-12-13-26-23-9-10-24-21(22(23)15-16-29(25,26)6)11-14-27(31)28(24)32-20(5)30/h9-10,17-19,25-26,28H,7-8,11-16H2,1-6H3/t18-,19+,25-,26-,28-,29-/m0/s1. The average Bonchev–Trinajstić information content (AvgIpc) is 3.10. The Kier molecular flexibility index (Phi) is 6.58. The van der Waals surface area contributed by atoms with Crippen LogP contribution in [0.1, 0.15) is 114 Å². The highest BCUT2D eigenvalue weighted by atomic mass is 16.5. The fourth-order valence-corrected chi connectivity index (χ4v) is 7.26. The van der Waals surface area contributed by atoms with Crippen LogP contribution in [0.5, 0.6) is 0 Å². The van der Waals surface area contributed by atoms with Crippen molar-refractivity contribution in [3.05, 3.63) is 34.4 Å². The molecule has 0 spiro atoms. The number of carbonyl (C=O) groups excluding carboxylic acids is 2. The summed E-state index contributed by atoms with van der Waals surface area (Å²) in [5.41, 5.74) is 5.62. The molecule has 3 aliphatic carbocycles. The van der Waals surface area contributed by atoms with Gasteiger partial charge in [0.2, 0.25) is 0 Å². The van der Waals surface area contributed by atoms with Crippen molar-refractivity contribution in [2.45, 2.75) is 105 Å². The molecule has 0 aliphatic heterocycles. The van der Waals surface area contributed by atoms with Gasteiger partial charge in [-0.2, -0.15) is 0 Å². The minimum absolute atomic E-state index is 0.0404. The molecule has 4 rings (SSSR count). The monoisotopic (exact) mass is 438 g/mol. The fraction of sp³-hybridized carbons (Fsp3) is 0.724. The molecular formula is C29H42O3. The van der Waals surface area contributed by atoms with Crippen molar-refractivity contribution in [3.63, 3.8) is 0 Å². The van der Waals surface area contributed by atoms with Gasteiger partial charge in [0, 0.05) is 18.9 Å². The molecular weight excluding hydrogens is 396 g/mol. The van der Waals surface area contributed by atoms with Crippen molar-refractivity contribution in [1.82, 2.24) is 0 Å². The lowest BCUT2D eigenvalue weighted by molar-refractivity contribution is -0.154. The maximum atomic E-state index is 12.5. The van der Waals surface area contributed by atoms with Crippen molar-refractivity contribution in [2.75, 3.05) is 0 Å². The van der Waals surface area contributed by atoms with Crippen LogP contribution < -0.4 is 0 Å². The van der Waals surface area contributed by atoms with Gasteiger partial charge in [0.05, 0.1) is 0 Å². The van der Waals surface area contributed by atoms with Crippen molar-refractivity contribution in [2.24, 2.45) is 29.1 Å². The number of benzene rings is 1. The lowest BCUT2D eigenvalue weighted by Crippen LogP contribution is -2.36. The Hall–Kier alpha value is -1.64. The normalized spacial score (nSPS) is 31.0. The highest BCUT2D eigenvalue weighted by Crippen LogP contribution is 2.61. The van der Waals surface area contributed by atoms with Gasteiger partial charge < -0.3 is 4.74 Å². The molecule has 3 aliphatic rings. The molecule has 0 heterocycles. The lowest BCUT2D eigenvalue weighted by atomic mass is 9.59. The zero-order valence-corrected chi connectivity index (χ0v) is 21.0. The van der Waals surface area contributed by atoms with E-state index in [2.05, 4.69) is 46.8 Å². The van der Waals surface area contributed by atoms with Gasteiger partial charge >= 0.3 is 5.97 Å². The average molecular weight is 439 g/mol. The van der Waals surface area contributed by atoms with E-state index in [9.17, 15) is 9.59 Å². The molecule has 0 aromatic heterocycles. The Bertz CT molecular complexity index is 885. The minimum Gasteiger partial charge on any atom is -0.450 e. The molecule has 1 fully saturated rings. The third kappa shape index (κ3) is 4.05. The largest absolute Gasteiger partial charge is 0.450 e. The summed E-state index contributed by atoms with van der Waals surface area (Å²) < 4.78 is 5.45. The van der Waals surface area contributed by atoms with E-state index in [4.69, 9.17) is 4.74 Å². The second-order valence-electron chi connectivity index (χ2n) is 11.7. The van der Waals surface area contributed by atoms with Crippen LogP contribution in [0.25, 0.3) is 0 Å². The first-order valence-electron chi connectivity index (χ1n) is 13.0. The van der Waals surface area contributed by atoms with Crippen LogP contribution in [-0.4, -0.2) is 11.8 Å². The van der Waals surface area contributed by atoms with E-state index in [-0.39, 0.29) is 11.8 Å². The first-order chi connectivity index (χ1) is 15.1. The highest BCUT2D eigenvalue weighted by molar-refractivity contribution is 5.89. The number of rotatable bonds is 6. The van der Waals surface area contributed by atoms with Crippen LogP contribution in [0.3, 0.4) is 0 Å². The maximum Gasteiger partial charge on any atom is 0.303 e. The minimum atomic E-state index is -0.700. The Morgan fingerprint density at radius 3 is 2.41 bits per heavy atom. The summed E-state index contributed by atoms with van der Waals surface area (Å²) in [4.78, 5) is 24.1. The zero-order valence-electron chi connectivity index (χ0n) is 21.0. The van der Waals surface area contributed by atoms with Gasteiger partial charge in [-0.15, -0.1) is 0 Å². The Balaban J connectivity index is 1.58. The first-order valence-corrected chi connectivity index (χ1v) is 13.0. The SMILES string of the molecule is CC(=O)O[C@@H]1C(=O)CCc2c1ccc1c2CC[C@]2(C)[C@H]1CC[C@H]2[C@H](C)CC[C@H](C)C(C)C. The van der Waals surface area contributed by atoms with Crippen molar-refractivity contribution in [1.29, 1.82) is 0 Å². The molecule has 0 unspecified atom stereocenters. The fourth-order valence-electron chi connectivity index (χ4n) is 7.26. The molecule has 0 N–H and O–H groups in total. The number of carbonyl (C=O) groups is 2. The van der Waals surface area contributed by atoms with Gasteiger partial charge in [0.15, 0.2) is 11.9 Å². The summed E-state index contributed by atoms with van der Waals surface area (Å²) in [6, 6.07) is 4.38. The van der Waals surface area contributed by atoms with Gasteiger partial charge in [-0.25, -0.2) is 0 Å². The molecule has 0 bridgehead atoms. The third-order valence-corrected chi connectivity index (χ3v) is 9.58. The Morgan fingerprint density at radius 2 is 1.72 bits per heavy atom. The van der Waals surface area contributed by atoms with E-state index in [1.165, 1.54) is 55.7 Å². The zero-order chi connectivity index (χ0) is 23.2. The number of fused-ring (bicyclic) bond motifs is 5. The Labute approximate surface area is 194 Å². The molecule has 32 heavy (non-hydrogen) atoms. The first kappa shape index (κ1) is 23.5. The molecule has 1 saturated carbocycles. The molecule has 3 heteroatoms. The Morgan fingerprint density at radius 1 is 1.03 bits per heavy atom. The molecule has 0 radical (unpaired) electrons. The lowest BCUT2D eigenvalue weighted by Gasteiger charge is -2.45. The van der Waals surface area contributed by atoms with Crippen LogP contribution in [0, 0.1) is 29.1 Å².